The molecule has 0 radical (unpaired) electrons. The van der Waals surface area contributed by atoms with Crippen molar-refractivity contribution in [3.8, 4) is 0 Å². The van der Waals surface area contributed by atoms with Crippen molar-refractivity contribution in [3.63, 3.8) is 0 Å². The molecule has 0 amide bonds. The first-order chi connectivity index (χ1) is 7.06. The Balaban J connectivity index is 2.87. The lowest BCUT2D eigenvalue weighted by atomic mass is 9.70. The van der Waals surface area contributed by atoms with Gasteiger partial charge in [-0.1, -0.05) is 19.9 Å². The summed E-state index contributed by atoms with van der Waals surface area (Å²) >= 11 is 0. The van der Waals surface area contributed by atoms with Crippen molar-refractivity contribution in [1.82, 2.24) is 0 Å². The van der Waals surface area contributed by atoms with Crippen LogP contribution in [0.4, 0.5) is 0 Å². The number of carbonyl (C=O) groups is 1. The van der Waals surface area contributed by atoms with Gasteiger partial charge in [-0.05, 0) is 31.1 Å². The van der Waals surface area contributed by atoms with Crippen molar-refractivity contribution in [2.45, 2.75) is 39.5 Å². The predicted octanol–water partition coefficient (Wildman–Crippen LogP) is 2.57. The number of ketones is 1. The third kappa shape index (κ3) is 2.31. The number of aliphatic hydroxyl groups excluding tert-OH is 1. The molecule has 0 saturated heterocycles. The summed E-state index contributed by atoms with van der Waals surface area (Å²) in [6.45, 7) is 8.08. The Hall–Kier alpha value is -0.630. The van der Waals surface area contributed by atoms with Gasteiger partial charge in [-0.25, -0.2) is 0 Å². The maximum atomic E-state index is 11.9. The molecule has 1 N–H and O–H groups in total. The average Bonchev–Trinajstić information content (AvgIpc) is 2.57. The fourth-order valence-electron chi connectivity index (χ4n) is 2.68. The van der Waals surface area contributed by atoms with Crippen molar-refractivity contribution >= 4 is 5.78 Å². The van der Waals surface area contributed by atoms with Crippen LogP contribution in [0.25, 0.3) is 0 Å². The second-order valence-electron chi connectivity index (χ2n) is 5.06. The number of rotatable bonds is 5. The standard InChI is InChI=1S/C13H22O2/c1-4-11(8-10(2)3)13(9-14)7-5-6-12(13)15/h4,10-11,14H,1,5-9H2,2-3H3/t11-,13+/m0/s1. The molecule has 15 heavy (non-hydrogen) atoms. The highest BCUT2D eigenvalue weighted by molar-refractivity contribution is 5.87. The van der Waals surface area contributed by atoms with Crippen LogP contribution in [0.5, 0.6) is 0 Å². The molecular weight excluding hydrogens is 188 g/mol. The summed E-state index contributed by atoms with van der Waals surface area (Å²) in [5.74, 6) is 0.901. The fourth-order valence-corrected chi connectivity index (χ4v) is 2.68. The zero-order valence-corrected chi connectivity index (χ0v) is 9.83. The molecule has 1 aliphatic carbocycles. The topological polar surface area (TPSA) is 37.3 Å². The quantitative estimate of drug-likeness (QED) is 0.708. The van der Waals surface area contributed by atoms with Gasteiger partial charge < -0.3 is 5.11 Å². The van der Waals surface area contributed by atoms with Crippen LogP contribution >= 0.6 is 0 Å². The van der Waals surface area contributed by atoms with Gasteiger partial charge in [0.15, 0.2) is 0 Å². The molecule has 1 fully saturated rings. The maximum Gasteiger partial charge on any atom is 0.141 e. The minimum absolute atomic E-state index is 0.0186. The largest absolute Gasteiger partial charge is 0.395 e. The van der Waals surface area contributed by atoms with Gasteiger partial charge in [-0.2, -0.15) is 0 Å². The Bertz CT molecular complexity index is 245. The number of carbonyl (C=O) groups excluding carboxylic acids is 1. The van der Waals surface area contributed by atoms with E-state index in [1.165, 1.54) is 0 Å². The van der Waals surface area contributed by atoms with E-state index in [-0.39, 0.29) is 18.3 Å². The van der Waals surface area contributed by atoms with E-state index in [9.17, 15) is 9.90 Å². The maximum absolute atomic E-state index is 11.9. The summed E-state index contributed by atoms with van der Waals surface area (Å²) < 4.78 is 0. The monoisotopic (exact) mass is 210 g/mol. The lowest BCUT2D eigenvalue weighted by Crippen LogP contribution is -2.38. The Kier molecular flexibility index (Phi) is 4.09. The molecule has 0 heterocycles. The normalized spacial score (nSPS) is 28.4. The molecule has 0 spiro atoms. The van der Waals surface area contributed by atoms with Gasteiger partial charge in [0.05, 0.1) is 12.0 Å². The lowest BCUT2D eigenvalue weighted by molar-refractivity contribution is -0.130. The molecule has 1 rings (SSSR count). The van der Waals surface area contributed by atoms with Crippen molar-refractivity contribution < 1.29 is 9.90 Å². The van der Waals surface area contributed by atoms with Gasteiger partial charge >= 0.3 is 0 Å². The molecule has 1 saturated carbocycles. The molecule has 0 aromatic rings. The predicted molar refractivity (Wildman–Crippen MR) is 61.5 cm³/mol. The molecule has 0 unspecified atom stereocenters. The van der Waals surface area contributed by atoms with Gasteiger partial charge in [0.2, 0.25) is 0 Å². The lowest BCUT2D eigenvalue weighted by Gasteiger charge is -2.33. The van der Waals surface area contributed by atoms with E-state index in [1.54, 1.807) is 0 Å². The molecule has 2 atom stereocenters. The Labute approximate surface area is 92.4 Å². The molecule has 1 aliphatic rings. The van der Waals surface area contributed by atoms with Crippen molar-refractivity contribution in [2.75, 3.05) is 6.61 Å². The third-order valence-corrected chi connectivity index (χ3v) is 3.58. The SMILES string of the molecule is C=C[C@@H](CC(C)C)[C@]1(CO)CCCC1=O. The highest BCUT2D eigenvalue weighted by Gasteiger charge is 2.46. The summed E-state index contributed by atoms with van der Waals surface area (Å²) in [5.41, 5.74) is -0.508. The summed E-state index contributed by atoms with van der Waals surface area (Å²) in [6.07, 6.45) is 5.17. The second-order valence-corrected chi connectivity index (χ2v) is 5.06. The summed E-state index contributed by atoms with van der Waals surface area (Å²) in [4.78, 5) is 11.9. The third-order valence-electron chi connectivity index (χ3n) is 3.58. The number of aliphatic hydroxyl groups is 1. The van der Waals surface area contributed by atoms with Crippen LogP contribution < -0.4 is 0 Å². The van der Waals surface area contributed by atoms with Crippen LogP contribution in [0.1, 0.15) is 39.5 Å². The van der Waals surface area contributed by atoms with Gasteiger partial charge in [0.1, 0.15) is 5.78 Å². The fraction of sp³-hybridized carbons (Fsp3) is 0.769. The number of Topliss-reactive ketones (excluding diaryl/α,β-unsaturated/α-hetero) is 1. The molecule has 86 valence electrons. The average molecular weight is 210 g/mol. The van der Waals surface area contributed by atoms with Crippen LogP contribution in [-0.4, -0.2) is 17.5 Å². The summed E-state index contributed by atoms with van der Waals surface area (Å²) in [6, 6.07) is 0. The zero-order valence-electron chi connectivity index (χ0n) is 9.83. The van der Waals surface area contributed by atoms with Crippen molar-refractivity contribution in [1.29, 1.82) is 0 Å². The van der Waals surface area contributed by atoms with Crippen molar-refractivity contribution in [3.05, 3.63) is 12.7 Å². The summed E-state index contributed by atoms with van der Waals surface area (Å²) in [5, 5.41) is 9.53. The smallest absolute Gasteiger partial charge is 0.141 e. The first kappa shape index (κ1) is 12.4. The molecule has 0 bridgehead atoms. The Morgan fingerprint density at radius 2 is 2.27 bits per heavy atom. The molecule has 2 nitrogen and oxygen atoms in total. The first-order valence-corrected chi connectivity index (χ1v) is 5.83. The first-order valence-electron chi connectivity index (χ1n) is 5.83. The van der Waals surface area contributed by atoms with Crippen LogP contribution in [-0.2, 0) is 4.79 Å². The Morgan fingerprint density at radius 3 is 2.60 bits per heavy atom. The van der Waals surface area contributed by atoms with Crippen molar-refractivity contribution in [2.24, 2.45) is 17.3 Å². The number of hydrogen-bond acceptors (Lipinski definition) is 2. The van der Waals surface area contributed by atoms with E-state index < -0.39 is 5.41 Å². The van der Waals surface area contributed by atoms with E-state index in [0.29, 0.717) is 12.3 Å². The van der Waals surface area contributed by atoms with Gasteiger partial charge in [0.25, 0.3) is 0 Å². The van der Waals surface area contributed by atoms with Gasteiger partial charge in [-0.15, -0.1) is 6.58 Å². The van der Waals surface area contributed by atoms with Gasteiger partial charge in [-0.3, -0.25) is 4.79 Å². The van der Waals surface area contributed by atoms with E-state index in [0.717, 1.165) is 19.3 Å². The summed E-state index contributed by atoms with van der Waals surface area (Å²) in [7, 11) is 0. The highest BCUT2D eigenvalue weighted by atomic mass is 16.3. The molecule has 0 aromatic carbocycles. The Morgan fingerprint density at radius 1 is 1.60 bits per heavy atom. The molecule has 0 aromatic heterocycles. The minimum Gasteiger partial charge on any atom is -0.395 e. The van der Waals surface area contributed by atoms with Gasteiger partial charge in [0, 0.05) is 6.42 Å². The van der Waals surface area contributed by atoms with Crippen LogP contribution in [0, 0.1) is 17.3 Å². The van der Waals surface area contributed by atoms with E-state index in [4.69, 9.17) is 0 Å². The van der Waals surface area contributed by atoms with E-state index in [2.05, 4.69) is 20.4 Å². The van der Waals surface area contributed by atoms with Crippen LogP contribution in [0.2, 0.25) is 0 Å². The minimum atomic E-state index is -0.508. The van der Waals surface area contributed by atoms with E-state index >= 15 is 0 Å². The highest BCUT2D eigenvalue weighted by Crippen LogP contribution is 2.44. The molecular formula is C13H22O2. The molecule has 0 aliphatic heterocycles. The number of hydrogen-bond donors (Lipinski definition) is 1. The second kappa shape index (κ2) is 4.93. The molecule has 2 heteroatoms. The number of allylic oxidation sites excluding steroid dienone is 1. The van der Waals surface area contributed by atoms with E-state index in [1.807, 2.05) is 6.08 Å². The van der Waals surface area contributed by atoms with Crippen LogP contribution in [0.15, 0.2) is 12.7 Å². The zero-order chi connectivity index (χ0) is 11.5. The van der Waals surface area contributed by atoms with Crippen LogP contribution in [0.3, 0.4) is 0 Å².